The highest BCUT2D eigenvalue weighted by atomic mass is 32.1. The number of ether oxygens (including phenoxy) is 1. The van der Waals surface area contributed by atoms with Crippen LogP contribution in [0.3, 0.4) is 0 Å². The monoisotopic (exact) mass is 275 g/mol. The van der Waals surface area contributed by atoms with Gasteiger partial charge in [0, 0.05) is 29.1 Å². The molecule has 0 bridgehead atoms. The van der Waals surface area contributed by atoms with Gasteiger partial charge in [-0.25, -0.2) is 8.78 Å². The van der Waals surface area contributed by atoms with E-state index in [2.05, 4.69) is 5.32 Å². The van der Waals surface area contributed by atoms with Crippen molar-refractivity contribution in [2.75, 3.05) is 14.2 Å². The summed E-state index contributed by atoms with van der Waals surface area (Å²) in [5.41, 5.74) is 0. The van der Waals surface area contributed by atoms with Crippen molar-refractivity contribution in [2.45, 2.75) is 37.6 Å². The van der Waals surface area contributed by atoms with Crippen molar-refractivity contribution in [1.29, 1.82) is 0 Å². The largest absolute Gasteiger partial charge is 0.496 e. The Labute approximate surface area is 110 Å². The summed E-state index contributed by atoms with van der Waals surface area (Å²) in [6, 6.07) is 2.14. The maximum Gasteiger partial charge on any atom is 0.248 e. The molecular formula is C13H19F2NOS. The van der Waals surface area contributed by atoms with Gasteiger partial charge in [-0.15, -0.1) is 11.3 Å². The van der Waals surface area contributed by atoms with Crippen LogP contribution in [-0.4, -0.2) is 20.1 Å². The molecule has 2 rings (SSSR count). The molecule has 2 unspecified atom stereocenters. The van der Waals surface area contributed by atoms with Gasteiger partial charge in [-0.1, -0.05) is 0 Å². The van der Waals surface area contributed by atoms with E-state index in [1.807, 2.05) is 18.5 Å². The predicted octanol–water partition coefficient (Wildman–Crippen LogP) is 3.84. The molecule has 1 aliphatic carbocycles. The Morgan fingerprint density at radius 2 is 2.39 bits per heavy atom. The molecule has 0 radical (unpaired) electrons. The maximum atomic E-state index is 13.2. The van der Waals surface area contributed by atoms with Gasteiger partial charge in [-0.2, -0.15) is 0 Å². The quantitative estimate of drug-likeness (QED) is 0.881. The number of rotatable bonds is 5. The van der Waals surface area contributed by atoms with Crippen LogP contribution >= 0.6 is 11.3 Å². The highest BCUT2D eigenvalue weighted by molar-refractivity contribution is 7.10. The van der Waals surface area contributed by atoms with Gasteiger partial charge in [0.05, 0.1) is 7.11 Å². The van der Waals surface area contributed by atoms with E-state index in [4.69, 9.17) is 4.74 Å². The first-order valence-corrected chi connectivity index (χ1v) is 7.09. The highest BCUT2D eigenvalue weighted by Crippen LogP contribution is 2.43. The minimum absolute atomic E-state index is 0.0354. The molecular weight excluding hydrogens is 256 g/mol. The zero-order chi connectivity index (χ0) is 13.2. The van der Waals surface area contributed by atoms with E-state index < -0.39 is 5.92 Å². The van der Waals surface area contributed by atoms with Crippen molar-refractivity contribution < 1.29 is 13.5 Å². The molecule has 1 N–H and O–H groups in total. The van der Waals surface area contributed by atoms with E-state index in [1.54, 1.807) is 18.4 Å². The molecule has 0 amide bonds. The number of halogens is 2. The van der Waals surface area contributed by atoms with Crippen LogP contribution in [0.25, 0.3) is 0 Å². The predicted molar refractivity (Wildman–Crippen MR) is 69.6 cm³/mol. The van der Waals surface area contributed by atoms with Gasteiger partial charge in [-0.3, -0.25) is 0 Å². The van der Waals surface area contributed by atoms with Crippen LogP contribution in [0.5, 0.6) is 5.75 Å². The number of hydrogen-bond acceptors (Lipinski definition) is 3. The van der Waals surface area contributed by atoms with Crippen molar-refractivity contribution in [2.24, 2.45) is 5.92 Å². The summed E-state index contributed by atoms with van der Waals surface area (Å²) in [5, 5.41) is 5.17. The normalized spacial score (nSPS) is 24.1. The Bertz CT molecular complexity index is 394. The minimum Gasteiger partial charge on any atom is -0.496 e. The second-order valence-corrected chi connectivity index (χ2v) is 5.87. The van der Waals surface area contributed by atoms with Gasteiger partial charge in [0.25, 0.3) is 0 Å². The Morgan fingerprint density at radius 3 is 2.89 bits per heavy atom. The second kappa shape index (κ2) is 5.53. The summed E-state index contributed by atoms with van der Waals surface area (Å²) in [5.74, 6) is -1.49. The number of nitrogens with one attached hydrogen (secondary N) is 1. The molecule has 1 saturated carbocycles. The fourth-order valence-electron chi connectivity index (χ4n) is 2.58. The molecule has 0 saturated heterocycles. The van der Waals surface area contributed by atoms with Crippen LogP contribution in [0.1, 0.15) is 36.6 Å². The summed E-state index contributed by atoms with van der Waals surface area (Å²) in [6.07, 6.45) is 1.49. The van der Waals surface area contributed by atoms with E-state index in [0.29, 0.717) is 6.42 Å². The number of thiophene rings is 1. The lowest BCUT2D eigenvalue weighted by molar-refractivity contribution is 0.00435. The zero-order valence-corrected chi connectivity index (χ0v) is 11.5. The lowest BCUT2D eigenvalue weighted by Crippen LogP contribution is -2.19. The first kappa shape index (κ1) is 13.7. The highest BCUT2D eigenvalue weighted by Gasteiger charge is 2.40. The van der Waals surface area contributed by atoms with E-state index >= 15 is 0 Å². The molecule has 1 heterocycles. The fourth-order valence-corrected chi connectivity index (χ4v) is 3.56. The summed E-state index contributed by atoms with van der Waals surface area (Å²) >= 11 is 1.62. The fraction of sp³-hybridized carbons (Fsp3) is 0.692. The molecule has 5 heteroatoms. The average Bonchev–Trinajstić information content (AvgIpc) is 2.92. The van der Waals surface area contributed by atoms with Gasteiger partial charge in [-0.05, 0) is 31.9 Å². The van der Waals surface area contributed by atoms with Crippen molar-refractivity contribution in [3.8, 4) is 5.75 Å². The van der Waals surface area contributed by atoms with Crippen molar-refractivity contribution in [1.82, 2.24) is 5.32 Å². The first-order chi connectivity index (χ1) is 8.54. The van der Waals surface area contributed by atoms with Crippen molar-refractivity contribution in [3.63, 3.8) is 0 Å². The molecule has 1 fully saturated rings. The lowest BCUT2D eigenvalue weighted by atomic mass is 9.97. The Balaban J connectivity index is 1.97. The van der Waals surface area contributed by atoms with Crippen LogP contribution < -0.4 is 10.1 Å². The average molecular weight is 275 g/mol. The van der Waals surface area contributed by atoms with Crippen LogP contribution in [-0.2, 0) is 0 Å². The van der Waals surface area contributed by atoms with E-state index in [1.165, 1.54) is 0 Å². The zero-order valence-electron chi connectivity index (χ0n) is 10.7. The van der Waals surface area contributed by atoms with Gasteiger partial charge in [0.15, 0.2) is 0 Å². The molecule has 18 heavy (non-hydrogen) atoms. The SMILES string of the molecule is CNC(CC1CCC(F)(F)C1)c1cc(OC)cs1. The molecule has 2 nitrogen and oxygen atoms in total. The molecule has 102 valence electrons. The molecule has 0 aromatic carbocycles. The van der Waals surface area contributed by atoms with E-state index in [9.17, 15) is 8.78 Å². The molecule has 1 aromatic rings. The third-order valence-electron chi connectivity index (χ3n) is 3.60. The number of methoxy groups -OCH3 is 1. The third kappa shape index (κ3) is 3.20. The Kier molecular flexibility index (Phi) is 4.22. The summed E-state index contributed by atoms with van der Waals surface area (Å²) in [4.78, 5) is 1.16. The maximum absolute atomic E-state index is 13.2. The van der Waals surface area contributed by atoms with Crippen molar-refractivity contribution >= 4 is 11.3 Å². The van der Waals surface area contributed by atoms with Gasteiger partial charge in [0.2, 0.25) is 5.92 Å². The molecule has 1 aromatic heterocycles. The van der Waals surface area contributed by atoms with E-state index in [0.717, 1.165) is 17.0 Å². The molecule has 0 aliphatic heterocycles. The first-order valence-electron chi connectivity index (χ1n) is 6.21. The number of hydrogen-bond donors (Lipinski definition) is 1. The summed E-state index contributed by atoms with van der Waals surface area (Å²) in [7, 11) is 3.52. The topological polar surface area (TPSA) is 21.3 Å². The molecule has 2 atom stereocenters. The standard InChI is InChI=1S/C13H19F2NOS/c1-16-11(12-6-10(17-2)8-18-12)5-9-3-4-13(14,15)7-9/h6,8-9,11,16H,3-5,7H2,1-2H3. The van der Waals surface area contributed by atoms with Crippen LogP contribution in [0.4, 0.5) is 8.78 Å². The van der Waals surface area contributed by atoms with Crippen LogP contribution in [0.15, 0.2) is 11.4 Å². The van der Waals surface area contributed by atoms with Gasteiger partial charge in [0.1, 0.15) is 5.75 Å². The molecule has 0 spiro atoms. The second-order valence-electron chi connectivity index (χ2n) is 4.93. The number of alkyl halides is 2. The van der Waals surface area contributed by atoms with Gasteiger partial charge < -0.3 is 10.1 Å². The van der Waals surface area contributed by atoms with Crippen LogP contribution in [0, 0.1) is 5.92 Å². The minimum atomic E-state index is -2.45. The Morgan fingerprint density at radius 1 is 1.61 bits per heavy atom. The van der Waals surface area contributed by atoms with Crippen molar-refractivity contribution in [3.05, 3.63) is 16.3 Å². The Hall–Kier alpha value is -0.680. The molecule has 1 aliphatic rings. The van der Waals surface area contributed by atoms with Crippen LogP contribution in [0.2, 0.25) is 0 Å². The summed E-state index contributed by atoms with van der Waals surface area (Å²) < 4.78 is 31.5. The lowest BCUT2D eigenvalue weighted by Gasteiger charge is -2.19. The third-order valence-corrected chi connectivity index (χ3v) is 4.62. The smallest absolute Gasteiger partial charge is 0.248 e. The van der Waals surface area contributed by atoms with Gasteiger partial charge >= 0.3 is 0 Å². The van der Waals surface area contributed by atoms with E-state index in [-0.39, 0.29) is 24.8 Å². The summed E-state index contributed by atoms with van der Waals surface area (Å²) in [6.45, 7) is 0.